The highest BCUT2D eigenvalue weighted by Gasteiger charge is 2.34. The Balaban J connectivity index is 0.00000261. The van der Waals surface area contributed by atoms with Crippen LogP contribution in [-0.2, 0) is 6.18 Å². The van der Waals surface area contributed by atoms with Crippen molar-refractivity contribution in [3.8, 4) is 17.4 Å². The number of nitrogens with one attached hydrogen (secondary N) is 1. The molecule has 0 atom stereocenters. The van der Waals surface area contributed by atoms with Gasteiger partial charge in [-0.3, -0.25) is 0 Å². The number of benzene rings is 1. The molecule has 2 aromatic heterocycles. The molecular weight excluding hydrogens is 406 g/mol. The van der Waals surface area contributed by atoms with Crippen molar-refractivity contribution in [2.24, 2.45) is 0 Å². The summed E-state index contributed by atoms with van der Waals surface area (Å²) < 4.78 is 44.7. The Hall–Kier alpha value is -2.65. The highest BCUT2D eigenvalue weighted by Crippen LogP contribution is 2.33. The van der Waals surface area contributed by atoms with Gasteiger partial charge in [-0.1, -0.05) is 11.6 Å². The van der Waals surface area contributed by atoms with E-state index in [1.165, 1.54) is 31.6 Å². The van der Waals surface area contributed by atoms with Crippen LogP contribution in [0.5, 0.6) is 5.75 Å². The van der Waals surface area contributed by atoms with Crippen LogP contribution in [0.1, 0.15) is 5.69 Å². The van der Waals surface area contributed by atoms with Crippen LogP contribution in [0.25, 0.3) is 11.6 Å². The average Bonchev–Trinajstić information content (AvgIpc) is 2.63. The van der Waals surface area contributed by atoms with Crippen LogP contribution in [0.15, 0.2) is 42.7 Å². The third kappa shape index (κ3) is 4.95. The molecule has 27 heavy (non-hydrogen) atoms. The van der Waals surface area contributed by atoms with Gasteiger partial charge >= 0.3 is 6.18 Å². The summed E-state index contributed by atoms with van der Waals surface area (Å²) in [7, 11) is 1.46. The Morgan fingerprint density at radius 2 is 1.74 bits per heavy atom. The zero-order valence-corrected chi connectivity index (χ0v) is 15.2. The van der Waals surface area contributed by atoms with E-state index in [0.717, 1.165) is 6.07 Å². The van der Waals surface area contributed by atoms with Gasteiger partial charge in [0.05, 0.1) is 17.8 Å². The summed E-state index contributed by atoms with van der Waals surface area (Å²) in [4.78, 5) is 15.4. The van der Waals surface area contributed by atoms with Gasteiger partial charge in [0, 0.05) is 24.5 Å². The number of hydrogen-bond acceptors (Lipinski definition) is 6. The Morgan fingerprint density at radius 3 is 2.37 bits per heavy atom. The first kappa shape index (κ1) is 20.7. The largest absolute Gasteiger partial charge is 0.497 e. The molecule has 0 amide bonds. The maximum Gasteiger partial charge on any atom is 0.433 e. The minimum atomic E-state index is -4.67. The lowest BCUT2D eigenvalue weighted by Crippen LogP contribution is -2.11. The van der Waals surface area contributed by atoms with Gasteiger partial charge in [-0.05, 0) is 18.2 Å². The number of methoxy groups -OCH3 is 1. The first-order chi connectivity index (χ1) is 12.4. The fraction of sp³-hybridized carbons (Fsp3) is 0.125. The van der Waals surface area contributed by atoms with Gasteiger partial charge in [-0.2, -0.15) is 13.2 Å². The summed E-state index contributed by atoms with van der Waals surface area (Å²) in [5.74, 6) is 0.0823. The monoisotopic (exact) mass is 417 g/mol. The van der Waals surface area contributed by atoms with Crippen molar-refractivity contribution in [1.29, 1.82) is 0 Å². The van der Waals surface area contributed by atoms with Crippen molar-refractivity contribution in [3.63, 3.8) is 0 Å². The molecule has 0 aliphatic rings. The summed E-state index contributed by atoms with van der Waals surface area (Å²) in [6.45, 7) is 0. The number of alkyl halides is 3. The fourth-order valence-corrected chi connectivity index (χ4v) is 2.20. The first-order valence-corrected chi connectivity index (χ1v) is 7.59. The first-order valence-electron chi connectivity index (χ1n) is 7.21. The number of rotatable bonds is 4. The molecule has 1 aromatic carbocycles. The van der Waals surface area contributed by atoms with E-state index in [0.29, 0.717) is 11.4 Å². The molecular formula is C16H12Cl2F3N5O. The predicted octanol–water partition coefficient (Wildman–Crippen LogP) is 4.78. The zero-order chi connectivity index (χ0) is 18.7. The van der Waals surface area contributed by atoms with E-state index in [2.05, 4.69) is 25.3 Å². The minimum absolute atomic E-state index is 0. The number of aromatic nitrogens is 4. The molecule has 0 spiro atoms. The molecule has 3 rings (SSSR count). The number of halogens is 5. The molecule has 0 unspecified atom stereocenters. The van der Waals surface area contributed by atoms with Crippen molar-refractivity contribution in [1.82, 2.24) is 19.9 Å². The number of anilines is 2. The molecule has 0 aliphatic heterocycles. The Labute approximate surface area is 163 Å². The lowest BCUT2D eigenvalue weighted by atomic mass is 10.3. The third-order valence-corrected chi connectivity index (χ3v) is 3.55. The lowest BCUT2D eigenvalue weighted by Gasteiger charge is -2.13. The van der Waals surface area contributed by atoms with Crippen molar-refractivity contribution in [3.05, 3.63) is 53.4 Å². The maximum absolute atomic E-state index is 13.2. The molecule has 0 radical (unpaired) electrons. The second-order valence-electron chi connectivity index (χ2n) is 5.00. The normalized spacial score (nSPS) is 10.9. The van der Waals surface area contributed by atoms with Crippen LogP contribution in [0.3, 0.4) is 0 Å². The summed E-state index contributed by atoms with van der Waals surface area (Å²) in [6, 6.07) is 7.03. The molecule has 6 nitrogen and oxygen atoms in total. The smallest absolute Gasteiger partial charge is 0.433 e. The number of ether oxygens (including phenoxy) is 1. The van der Waals surface area contributed by atoms with Gasteiger partial charge in [-0.25, -0.2) is 19.9 Å². The molecule has 1 N–H and O–H groups in total. The SMILES string of the molecule is COc1ccc(Cl)c(Nc2cc(C(F)(F)F)nc(-c3ncccn3)n2)c1.Cl. The highest BCUT2D eigenvalue weighted by atomic mass is 35.5. The third-order valence-electron chi connectivity index (χ3n) is 3.22. The lowest BCUT2D eigenvalue weighted by molar-refractivity contribution is -0.141. The number of hydrogen-bond donors (Lipinski definition) is 1. The molecule has 0 saturated heterocycles. The standard InChI is InChI=1S/C16H11ClF3N5O.ClH/c1-26-9-3-4-10(17)11(7-9)23-13-8-12(16(18,19)20)24-15(25-13)14-21-5-2-6-22-14;/h2-8H,1H3,(H,23,24,25);1H. The van der Waals surface area contributed by atoms with Gasteiger partial charge in [-0.15, -0.1) is 12.4 Å². The summed E-state index contributed by atoms with van der Waals surface area (Å²) in [5.41, 5.74) is -0.797. The van der Waals surface area contributed by atoms with Crippen LogP contribution < -0.4 is 10.1 Å². The quantitative estimate of drug-likeness (QED) is 0.658. The van der Waals surface area contributed by atoms with Gasteiger partial charge in [0.2, 0.25) is 0 Å². The van der Waals surface area contributed by atoms with Gasteiger partial charge in [0.25, 0.3) is 0 Å². The van der Waals surface area contributed by atoms with Crippen LogP contribution >= 0.6 is 24.0 Å². The fourth-order valence-electron chi connectivity index (χ4n) is 2.04. The van der Waals surface area contributed by atoms with Crippen LogP contribution in [0, 0.1) is 0 Å². The van der Waals surface area contributed by atoms with E-state index in [-0.39, 0.29) is 34.9 Å². The molecule has 11 heteroatoms. The molecule has 0 bridgehead atoms. The van der Waals surface area contributed by atoms with Crippen molar-refractivity contribution in [2.75, 3.05) is 12.4 Å². The molecule has 0 fully saturated rings. The van der Waals surface area contributed by atoms with Crippen LogP contribution in [-0.4, -0.2) is 27.0 Å². The van der Waals surface area contributed by atoms with E-state index >= 15 is 0 Å². The highest BCUT2D eigenvalue weighted by molar-refractivity contribution is 6.33. The number of nitrogens with zero attached hydrogens (tertiary/aromatic N) is 4. The van der Waals surface area contributed by atoms with Crippen LogP contribution in [0.2, 0.25) is 5.02 Å². The summed E-state index contributed by atoms with van der Waals surface area (Å²) in [6.07, 6.45) is -1.89. The van der Waals surface area contributed by atoms with Crippen molar-refractivity contribution in [2.45, 2.75) is 6.18 Å². The predicted molar refractivity (Wildman–Crippen MR) is 96.6 cm³/mol. The Kier molecular flexibility index (Phi) is 6.40. The molecule has 0 aliphatic carbocycles. The minimum Gasteiger partial charge on any atom is -0.497 e. The van der Waals surface area contributed by atoms with E-state index in [9.17, 15) is 13.2 Å². The second kappa shape index (κ2) is 8.36. The van der Waals surface area contributed by atoms with E-state index in [4.69, 9.17) is 16.3 Å². The Bertz CT molecular complexity index is 926. The second-order valence-corrected chi connectivity index (χ2v) is 5.41. The zero-order valence-electron chi connectivity index (χ0n) is 13.7. The summed E-state index contributed by atoms with van der Waals surface area (Å²) >= 11 is 6.08. The molecule has 142 valence electrons. The van der Waals surface area contributed by atoms with Gasteiger partial charge in [0.1, 0.15) is 11.6 Å². The molecule has 2 heterocycles. The average molecular weight is 418 g/mol. The van der Waals surface area contributed by atoms with E-state index in [1.807, 2.05) is 0 Å². The molecule has 0 saturated carbocycles. The Morgan fingerprint density at radius 1 is 1.04 bits per heavy atom. The summed E-state index contributed by atoms with van der Waals surface area (Å²) in [5, 5.41) is 3.04. The van der Waals surface area contributed by atoms with E-state index < -0.39 is 11.9 Å². The van der Waals surface area contributed by atoms with Crippen molar-refractivity contribution < 1.29 is 17.9 Å². The topological polar surface area (TPSA) is 72.8 Å². The maximum atomic E-state index is 13.2. The van der Waals surface area contributed by atoms with Gasteiger partial charge < -0.3 is 10.1 Å². The van der Waals surface area contributed by atoms with Crippen molar-refractivity contribution >= 4 is 35.5 Å². The van der Waals surface area contributed by atoms with Crippen LogP contribution in [0.4, 0.5) is 24.7 Å². The van der Waals surface area contributed by atoms with Gasteiger partial charge in [0.15, 0.2) is 17.3 Å². The molecule has 3 aromatic rings. The van der Waals surface area contributed by atoms with E-state index in [1.54, 1.807) is 12.1 Å².